The summed E-state index contributed by atoms with van der Waals surface area (Å²) in [4.78, 5) is 28.6. The Morgan fingerprint density at radius 1 is 1.60 bits per heavy atom. The molecule has 1 amide bonds. The van der Waals surface area contributed by atoms with Crippen LogP contribution >= 0.6 is 11.3 Å². The van der Waals surface area contributed by atoms with Crippen molar-refractivity contribution in [3.8, 4) is 11.8 Å². The predicted octanol–water partition coefficient (Wildman–Crippen LogP) is 0.975. The molecule has 0 spiro atoms. The van der Waals surface area contributed by atoms with Crippen molar-refractivity contribution in [3.05, 3.63) is 39.0 Å². The zero-order valence-electron chi connectivity index (χ0n) is 9.91. The van der Waals surface area contributed by atoms with Crippen molar-refractivity contribution in [2.45, 2.75) is 0 Å². The van der Waals surface area contributed by atoms with Crippen LogP contribution in [0.4, 0.5) is 10.9 Å². The van der Waals surface area contributed by atoms with Gasteiger partial charge in [-0.15, -0.1) is 0 Å². The fourth-order valence-electron chi connectivity index (χ4n) is 1.30. The summed E-state index contributed by atoms with van der Waals surface area (Å²) in [6, 6.07) is 2.52. The molecule has 0 aliphatic rings. The second-order valence-corrected chi connectivity index (χ2v) is 4.49. The minimum Gasteiger partial charge on any atom is -0.384 e. The number of aromatic nitrogens is 2. The van der Waals surface area contributed by atoms with E-state index in [0.717, 1.165) is 11.3 Å². The van der Waals surface area contributed by atoms with Gasteiger partial charge in [0.2, 0.25) is 0 Å². The number of nitro groups is 1. The van der Waals surface area contributed by atoms with Crippen LogP contribution in [-0.4, -0.2) is 32.5 Å². The third-order valence-corrected chi connectivity index (χ3v) is 2.96. The highest BCUT2D eigenvalue weighted by Crippen LogP contribution is 2.18. The average molecular weight is 292 g/mol. The minimum absolute atomic E-state index is 0.0647. The number of hydrogen-bond donors (Lipinski definition) is 3. The number of carbonyl (C=O) groups excluding carboxylic acids is 1. The molecule has 0 atom stereocenters. The Balaban J connectivity index is 2.07. The highest BCUT2D eigenvalue weighted by Gasteiger charge is 2.16. The molecule has 0 fully saturated rings. The van der Waals surface area contributed by atoms with Crippen molar-refractivity contribution in [2.24, 2.45) is 0 Å². The number of hydrogen-bond acceptors (Lipinski definition) is 6. The second kappa shape index (κ2) is 5.96. The molecule has 2 aromatic rings. The molecular weight excluding hydrogens is 284 g/mol. The van der Waals surface area contributed by atoms with Crippen LogP contribution in [0.15, 0.2) is 18.3 Å². The number of aliphatic hydroxyl groups excluding tert-OH is 1. The number of carbonyl (C=O) groups is 1. The average Bonchev–Trinajstić information content (AvgIpc) is 3.05. The molecule has 0 aliphatic carbocycles. The van der Waals surface area contributed by atoms with Gasteiger partial charge >= 0.3 is 5.82 Å². The van der Waals surface area contributed by atoms with Gasteiger partial charge in [-0.2, -0.15) is 0 Å². The van der Waals surface area contributed by atoms with E-state index in [0.29, 0.717) is 10.0 Å². The van der Waals surface area contributed by atoms with Crippen molar-refractivity contribution in [2.75, 3.05) is 11.9 Å². The van der Waals surface area contributed by atoms with E-state index >= 15 is 0 Å². The van der Waals surface area contributed by atoms with Gasteiger partial charge in [0, 0.05) is 6.07 Å². The van der Waals surface area contributed by atoms with Crippen LogP contribution in [0.3, 0.4) is 0 Å². The van der Waals surface area contributed by atoms with E-state index in [9.17, 15) is 14.9 Å². The third kappa shape index (κ3) is 3.19. The standard InChI is InChI=1S/C11H8N4O4S/c16-5-1-2-7-6-12-11(20-7)14-10(17)8-3-4-9(13-8)15(18)19/h3-4,6,13,16H,5H2,(H,12,14,17). The Kier molecular flexibility index (Phi) is 4.09. The van der Waals surface area contributed by atoms with Crippen LogP contribution < -0.4 is 5.32 Å². The summed E-state index contributed by atoms with van der Waals surface area (Å²) in [5.41, 5.74) is 0.0647. The Bertz CT molecular complexity index is 709. The number of H-pyrrole nitrogens is 1. The van der Waals surface area contributed by atoms with Gasteiger partial charge in [0.25, 0.3) is 5.91 Å². The maximum absolute atomic E-state index is 11.8. The van der Waals surface area contributed by atoms with Gasteiger partial charge in [-0.25, -0.2) is 9.97 Å². The molecule has 0 radical (unpaired) electrons. The Hall–Kier alpha value is -2.70. The molecule has 0 saturated carbocycles. The summed E-state index contributed by atoms with van der Waals surface area (Å²) in [5.74, 6) is 4.32. The van der Waals surface area contributed by atoms with Gasteiger partial charge in [-0.05, 0) is 11.0 Å². The Labute approximate surface area is 116 Å². The van der Waals surface area contributed by atoms with Crippen LogP contribution in [0.5, 0.6) is 0 Å². The van der Waals surface area contributed by atoms with Crippen molar-refractivity contribution in [1.82, 2.24) is 9.97 Å². The van der Waals surface area contributed by atoms with E-state index in [2.05, 4.69) is 27.1 Å². The van der Waals surface area contributed by atoms with Crippen LogP contribution in [-0.2, 0) is 0 Å². The zero-order chi connectivity index (χ0) is 14.5. The fourth-order valence-corrected chi connectivity index (χ4v) is 1.99. The maximum atomic E-state index is 11.8. The molecule has 0 unspecified atom stereocenters. The topological polar surface area (TPSA) is 121 Å². The zero-order valence-corrected chi connectivity index (χ0v) is 10.7. The first kappa shape index (κ1) is 13.7. The molecule has 0 aromatic carbocycles. The van der Waals surface area contributed by atoms with Gasteiger partial charge in [-0.1, -0.05) is 23.2 Å². The van der Waals surface area contributed by atoms with E-state index < -0.39 is 10.8 Å². The lowest BCUT2D eigenvalue weighted by atomic mass is 10.4. The van der Waals surface area contributed by atoms with Gasteiger partial charge in [0.15, 0.2) is 10.8 Å². The highest BCUT2D eigenvalue weighted by molar-refractivity contribution is 7.16. The fraction of sp³-hybridized carbons (Fsp3) is 0.0909. The molecule has 20 heavy (non-hydrogen) atoms. The molecule has 2 heterocycles. The number of amides is 1. The monoisotopic (exact) mass is 292 g/mol. The van der Waals surface area contributed by atoms with Crippen molar-refractivity contribution >= 4 is 28.2 Å². The van der Waals surface area contributed by atoms with Crippen LogP contribution in [0.25, 0.3) is 0 Å². The molecule has 102 valence electrons. The predicted molar refractivity (Wildman–Crippen MR) is 71.5 cm³/mol. The van der Waals surface area contributed by atoms with Crippen LogP contribution in [0.1, 0.15) is 15.4 Å². The number of rotatable bonds is 3. The van der Waals surface area contributed by atoms with Gasteiger partial charge in [0.1, 0.15) is 6.61 Å². The highest BCUT2D eigenvalue weighted by atomic mass is 32.1. The van der Waals surface area contributed by atoms with Gasteiger partial charge in [-0.3, -0.25) is 10.1 Å². The number of aromatic amines is 1. The van der Waals surface area contributed by atoms with E-state index in [-0.39, 0.29) is 18.1 Å². The second-order valence-electron chi connectivity index (χ2n) is 3.46. The Morgan fingerprint density at radius 3 is 3.05 bits per heavy atom. The molecular formula is C11H8N4O4S. The molecule has 0 saturated heterocycles. The van der Waals surface area contributed by atoms with Gasteiger partial charge < -0.3 is 15.2 Å². The minimum atomic E-state index is -0.622. The first-order valence-electron chi connectivity index (χ1n) is 5.30. The van der Waals surface area contributed by atoms with Crippen LogP contribution in [0.2, 0.25) is 0 Å². The van der Waals surface area contributed by atoms with Crippen molar-refractivity contribution in [1.29, 1.82) is 0 Å². The summed E-state index contributed by atoms with van der Waals surface area (Å²) in [6.45, 7) is -0.258. The number of nitrogens with one attached hydrogen (secondary N) is 2. The summed E-state index contributed by atoms with van der Waals surface area (Å²) >= 11 is 1.13. The molecule has 2 rings (SSSR count). The molecule has 0 aliphatic heterocycles. The first-order chi connectivity index (χ1) is 9.60. The molecule has 3 N–H and O–H groups in total. The molecule has 0 bridgehead atoms. The van der Waals surface area contributed by atoms with Crippen LogP contribution in [0, 0.1) is 22.0 Å². The van der Waals surface area contributed by atoms with E-state index in [4.69, 9.17) is 5.11 Å². The van der Waals surface area contributed by atoms with E-state index in [1.165, 1.54) is 18.3 Å². The third-order valence-electron chi connectivity index (χ3n) is 2.13. The summed E-state index contributed by atoms with van der Waals surface area (Å²) in [6.07, 6.45) is 1.46. The lowest BCUT2D eigenvalue weighted by Gasteiger charge is -1.95. The van der Waals surface area contributed by atoms with Crippen molar-refractivity contribution < 1.29 is 14.8 Å². The van der Waals surface area contributed by atoms with E-state index in [1.54, 1.807) is 0 Å². The summed E-state index contributed by atoms with van der Waals surface area (Å²) in [7, 11) is 0. The smallest absolute Gasteiger partial charge is 0.321 e. The quantitative estimate of drug-likeness (QED) is 0.442. The summed E-state index contributed by atoms with van der Waals surface area (Å²) in [5, 5.41) is 21.9. The van der Waals surface area contributed by atoms with Gasteiger partial charge in [0.05, 0.1) is 11.1 Å². The Morgan fingerprint density at radius 2 is 2.40 bits per heavy atom. The van der Waals surface area contributed by atoms with Crippen molar-refractivity contribution in [3.63, 3.8) is 0 Å². The van der Waals surface area contributed by atoms with E-state index in [1.807, 2.05) is 0 Å². The lowest BCUT2D eigenvalue weighted by molar-refractivity contribution is -0.389. The summed E-state index contributed by atoms with van der Waals surface area (Å²) < 4.78 is 0. The molecule has 2 aromatic heterocycles. The molecule has 9 heteroatoms. The maximum Gasteiger partial charge on any atom is 0.321 e. The number of nitrogens with zero attached hydrogens (tertiary/aromatic N) is 2. The molecule has 8 nitrogen and oxygen atoms in total. The lowest BCUT2D eigenvalue weighted by Crippen LogP contribution is -2.12. The number of aliphatic hydroxyl groups is 1. The first-order valence-corrected chi connectivity index (χ1v) is 6.12. The number of thiazole rings is 1. The number of anilines is 1. The SMILES string of the molecule is O=C(Nc1ncc(C#CCO)s1)c1ccc([N+](=O)[O-])[nH]1. The normalized spacial score (nSPS) is 9.65. The largest absolute Gasteiger partial charge is 0.384 e.